The molecule has 0 aromatic rings. The van der Waals surface area contributed by atoms with Gasteiger partial charge in [0.15, 0.2) is 0 Å². The van der Waals surface area contributed by atoms with Crippen LogP contribution in [0.1, 0.15) is 51.9 Å². The van der Waals surface area contributed by atoms with Crippen molar-refractivity contribution in [2.75, 3.05) is 26.2 Å². The Morgan fingerprint density at radius 1 is 1.35 bits per heavy atom. The van der Waals surface area contributed by atoms with Crippen LogP contribution in [0.5, 0.6) is 0 Å². The van der Waals surface area contributed by atoms with Crippen molar-refractivity contribution in [3.05, 3.63) is 0 Å². The standard InChI is InChI=1S/C16H29F3N2O2/c1-2-3-4-5-8-14(22)11-21-9-6-7-13(10-21)15(23)20-12-16(17,18)19/h13-14,22H,2-12H2,1H3,(H,20,23)/t13-,14+/m0/s1. The molecule has 2 N–H and O–H groups in total. The number of unbranched alkanes of at least 4 members (excludes halogenated alkanes) is 3. The SMILES string of the molecule is CCCCCC[C@@H](O)CN1CCC[C@H](C(=O)NCC(F)(F)F)C1. The van der Waals surface area contributed by atoms with Crippen molar-refractivity contribution in [3.8, 4) is 0 Å². The third-order valence-electron chi connectivity index (χ3n) is 4.20. The number of likely N-dealkylation sites (tertiary alicyclic amines) is 1. The number of amides is 1. The molecular weight excluding hydrogens is 309 g/mol. The van der Waals surface area contributed by atoms with Gasteiger partial charge < -0.3 is 10.4 Å². The van der Waals surface area contributed by atoms with Crippen LogP contribution in [-0.2, 0) is 4.79 Å². The molecule has 0 radical (unpaired) electrons. The lowest BCUT2D eigenvalue weighted by molar-refractivity contribution is -0.141. The number of halogens is 3. The molecule has 0 unspecified atom stereocenters. The monoisotopic (exact) mass is 338 g/mol. The molecule has 2 atom stereocenters. The van der Waals surface area contributed by atoms with Gasteiger partial charge >= 0.3 is 6.18 Å². The van der Waals surface area contributed by atoms with E-state index in [-0.39, 0.29) is 0 Å². The van der Waals surface area contributed by atoms with E-state index in [9.17, 15) is 23.1 Å². The molecule has 0 aromatic heterocycles. The van der Waals surface area contributed by atoms with E-state index in [0.717, 1.165) is 45.1 Å². The fraction of sp³-hybridized carbons (Fsp3) is 0.938. The van der Waals surface area contributed by atoms with Crippen molar-refractivity contribution >= 4 is 5.91 Å². The molecule has 0 aromatic carbocycles. The van der Waals surface area contributed by atoms with Crippen molar-refractivity contribution in [2.45, 2.75) is 64.1 Å². The quantitative estimate of drug-likeness (QED) is 0.636. The van der Waals surface area contributed by atoms with Crippen LogP contribution in [0.25, 0.3) is 0 Å². The first-order valence-corrected chi connectivity index (χ1v) is 8.56. The minimum absolute atomic E-state index is 0.418. The van der Waals surface area contributed by atoms with Crippen molar-refractivity contribution in [1.82, 2.24) is 10.2 Å². The molecule has 1 fully saturated rings. The van der Waals surface area contributed by atoms with Crippen LogP contribution < -0.4 is 5.32 Å². The summed E-state index contributed by atoms with van der Waals surface area (Å²) in [6, 6.07) is 0. The minimum Gasteiger partial charge on any atom is -0.392 e. The second-order valence-corrected chi connectivity index (χ2v) is 6.43. The Hall–Kier alpha value is -0.820. The van der Waals surface area contributed by atoms with Gasteiger partial charge in [-0.05, 0) is 25.8 Å². The first kappa shape index (κ1) is 20.2. The molecule has 0 aliphatic carbocycles. The van der Waals surface area contributed by atoms with Gasteiger partial charge in [0.05, 0.1) is 12.0 Å². The molecule has 0 saturated carbocycles. The van der Waals surface area contributed by atoms with Crippen molar-refractivity contribution < 1.29 is 23.1 Å². The lowest BCUT2D eigenvalue weighted by Gasteiger charge is -2.33. The number of piperidine rings is 1. The molecule has 1 amide bonds. The Bertz CT molecular complexity index is 351. The Kier molecular flexibility index (Phi) is 8.91. The number of aliphatic hydroxyl groups excluding tert-OH is 1. The molecule has 1 heterocycles. The highest BCUT2D eigenvalue weighted by molar-refractivity contribution is 5.79. The first-order chi connectivity index (χ1) is 10.8. The minimum atomic E-state index is -4.38. The van der Waals surface area contributed by atoms with E-state index in [1.807, 2.05) is 10.2 Å². The van der Waals surface area contributed by atoms with E-state index in [1.165, 1.54) is 0 Å². The average Bonchev–Trinajstić information content (AvgIpc) is 2.49. The van der Waals surface area contributed by atoms with Crippen LogP contribution in [0.4, 0.5) is 13.2 Å². The number of carbonyl (C=O) groups excluding carboxylic acids is 1. The number of hydrogen-bond donors (Lipinski definition) is 2. The lowest BCUT2D eigenvalue weighted by atomic mass is 9.96. The summed E-state index contributed by atoms with van der Waals surface area (Å²) in [5.74, 6) is -0.956. The normalized spacial score (nSPS) is 21.2. The van der Waals surface area contributed by atoms with Crippen LogP contribution in [0.15, 0.2) is 0 Å². The largest absolute Gasteiger partial charge is 0.405 e. The zero-order valence-corrected chi connectivity index (χ0v) is 13.9. The van der Waals surface area contributed by atoms with Gasteiger partial charge in [0.25, 0.3) is 0 Å². The number of aliphatic hydroxyl groups is 1. The highest BCUT2D eigenvalue weighted by Gasteiger charge is 2.31. The molecule has 1 aliphatic heterocycles. The molecule has 7 heteroatoms. The number of carbonyl (C=O) groups is 1. The van der Waals surface area contributed by atoms with E-state index < -0.39 is 30.7 Å². The maximum atomic E-state index is 12.1. The third kappa shape index (κ3) is 9.15. The molecule has 23 heavy (non-hydrogen) atoms. The van der Waals surface area contributed by atoms with E-state index in [1.54, 1.807) is 0 Å². The number of rotatable bonds is 9. The summed E-state index contributed by atoms with van der Waals surface area (Å²) >= 11 is 0. The number of nitrogens with zero attached hydrogens (tertiary/aromatic N) is 1. The maximum Gasteiger partial charge on any atom is 0.405 e. The van der Waals surface area contributed by atoms with Crippen molar-refractivity contribution in [2.24, 2.45) is 5.92 Å². The van der Waals surface area contributed by atoms with Gasteiger partial charge in [0, 0.05) is 13.1 Å². The van der Waals surface area contributed by atoms with Gasteiger partial charge in [-0.2, -0.15) is 13.2 Å². The first-order valence-electron chi connectivity index (χ1n) is 8.56. The summed E-state index contributed by atoms with van der Waals surface area (Å²) in [4.78, 5) is 13.8. The maximum absolute atomic E-state index is 12.1. The fourth-order valence-electron chi connectivity index (χ4n) is 2.96. The summed E-state index contributed by atoms with van der Waals surface area (Å²) in [6.07, 6.45) is 1.71. The average molecular weight is 338 g/mol. The molecule has 0 spiro atoms. The highest BCUT2D eigenvalue weighted by atomic mass is 19.4. The zero-order chi connectivity index (χ0) is 17.3. The number of hydrogen-bond acceptors (Lipinski definition) is 3. The molecule has 1 rings (SSSR count). The van der Waals surface area contributed by atoms with Crippen molar-refractivity contribution in [3.63, 3.8) is 0 Å². The summed E-state index contributed by atoms with van der Waals surface area (Å²) in [5.41, 5.74) is 0. The Labute approximate surface area is 136 Å². The van der Waals surface area contributed by atoms with Gasteiger partial charge in [-0.3, -0.25) is 9.69 Å². The van der Waals surface area contributed by atoms with E-state index in [2.05, 4.69) is 6.92 Å². The summed E-state index contributed by atoms with van der Waals surface area (Å²) in [5, 5.41) is 12.0. The topological polar surface area (TPSA) is 52.6 Å². The Balaban J connectivity index is 2.29. The Morgan fingerprint density at radius 2 is 2.09 bits per heavy atom. The van der Waals surface area contributed by atoms with E-state index in [0.29, 0.717) is 19.5 Å². The number of nitrogens with one attached hydrogen (secondary N) is 1. The smallest absolute Gasteiger partial charge is 0.392 e. The second kappa shape index (κ2) is 10.1. The predicted molar refractivity (Wildman–Crippen MR) is 83.0 cm³/mol. The van der Waals surface area contributed by atoms with E-state index in [4.69, 9.17) is 0 Å². The summed E-state index contributed by atoms with van der Waals surface area (Å²) in [6.45, 7) is 2.57. The third-order valence-corrected chi connectivity index (χ3v) is 4.20. The van der Waals surface area contributed by atoms with Crippen LogP contribution in [0.2, 0.25) is 0 Å². The summed E-state index contributed by atoms with van der Waals surface area (Å²) in [7, 11) is 0. The van der Waals surface area contributed by atoms with Gasteiger partial charge in [-0.15, -0.1) is 0 Å². The van der Waals surface area contributed by atoms with E-state index >= 15 is 0 Å². The fourth-order valence-corrected chi connectivity index (χ4v) is 2.96. The van der Waals surface area contributed by atoms with Crippen molar-refractivity contribution in [1.29, 1.82) is 0 Å². The van der Waals surface area contributed by atoms with Crippen LogP contribution in [-0.4, -0.2) is 54.4 Å². The summed E-state index contributed by atoms with van der Waals surface area (Å²) < 4.78 is 36.4. The molecule has 1 saturated heterocycles. The molecule has 1 aliphatic rings. The van der Waals surface area contributed by atoms with Crippen LogP contribution >= 0.6 is 0 Å². The van der Waals surface area contributed by atoms with Gasteiger partial charge in [-0.1, -0.05) is 32.6 Å². The number of alkyl halides is 3. The van der Waals surface area contributed by atoms with Gasteiger partial charge in [0.1, 0.15) is 6.54 Å². The van der Waals surface area contributed by atoms with Crippen LogP contribution in [0.3, 0.4) is 0 Å². The zero-order valence-electron chi connectivity index (χ0n) is 13.9. The lowest BCUT2D eigenvalue weighted by Crippen LogP contribution is -2.46. The van der Waals surface area contributed by atoms with Gasteiger partial charge in [0.2, 0.25) is 5.91 Å². The van der Waals surface area contributed by atoms with Gasteiger partial charge in [-0.25, -0.2) is 0 Å². The molecule has 136 valence electrons. The molecular formula is C16H29F3N2O2. The predicted octanol–water partition coefficient (Wildman–Crippen LogP) is 2.71. The highest BCUT2D eigenvalue weighted by Crippen LogP contribution is 2.19. The molecule has 4 nitrogen and oxygen atoms in total. The second-order valence-electron chi connectivity index (χ2n) is 6.43. The Morgan fingerprint density at radius 3 is 2.74 bits per heavy atom. The van der Waals surface area contributed by atoms with Crippen LogP contribution in [0, 0.1) is 5.92 Å². The number of β-amino-alcohol motifs (C(OH)–C–C–N with tert-alkyl or cyclic N) is 1. The molecule has 0 bridgehead atoms.